The lowest BCUT2D eigenvalue weighted by molar-refractivity contribution is -0.138. The lowest BCUT2D eigenvalue weighted by atomic mass is 10.2. The van der Waals surface area contributed by atoms with Gasteiger partial charge in [0.05, 0.1) is 23.7 Å². The average molecular weight is 361 g/mol. The number of fused-ring (bicyclic) bond motifs is 1. The van der Waals surface area contributed by atoms with E-state index in [1.54, 1.807) is 37.0 Å². The van der Waals surface area contributed by atoms with Gasteiger partial charge in [0.2, 0.25) is 5.91 Å². The van der Waals surface area contributed by atoms with Crippen molar-refractivity contribution < 1.29 is 19.1 Å². The molecular formula is C17H19N3O4S. The van der Waals surface area contributed by atoms with Crippen LogP contribution in [0.4, 0.5) is 5.69 Å². The zero-order chi connectivity index (χ0) is 18.4. The summed E-state index contributed by atoms with van der Waals surface area (Å²) in [6.07, 6.45) is -0.330. The molecule has 1 atom stereocenters. The minimum absolute atomic E-state index is 0.0977. The van der Waals surface area contributed by atoms with Gasteiger partial charge in [-0.05, 0) is 25.1 Å². The van der Waals surface area contributed by atoms with Gasteiger partial charge in [-0.25, -0.2) is 4.79 Å². The number of likely N-dealkylation sites (N-methyl/N-ethyl adjacent to an activating group) is 1. The lowest BCUT2D eigenvalue weighted by Crippen LogP contribution is -2.37. The average Bonchev–Trinajstić information content (AvgIpc) is 2.78. The van der Waals surface area contributed by atoms with Crippen LogP contribution in [0, 0.1) is 11.3 Å². The molecule has 2 rings (SSSR count). The number of esters is 1. The number of rotatable bonds is 5. The number of nitrogens with one attached hydrogen (secondary N) is 1. The summed E-state index contributed by atoms with van der Waals surface area (Å²) in [7, 11) is 1.55. The van der Waals surface area contributed by atoms with E-state index in [-0.39, 0.29) is 30.3 Å². The number of amides is 2. The molecule has 7 nitrogen and oxygen atoms in total. The highest BCUT2D eigenvalue weighted by Gasteiger charge is 2.23. The number of anilines is 1. The van der Waals surface area contributed by atoms with E-state index < -0.39 is 12.1 Å². The van der Waals surface area contributed by atoms with Crippen LogP contribution in [0.15, 0.2) is 23.1 Å². The number of hydrogen-bond donors (Lipinski definition) is 1. The smallest absolute Gasteiger partial charge is 0.338 e. The molecule has 1 N–H and O–H groups in total. The van der Waals surface area contributed by atoms with E-state index >= 15 is 0 Å². The molecule has 25 heavy (non-hydrogen) atoms. The Morgan fingerprint density at radius 3 is 2.96 bits per heavy atom. The standard InChI is InChI=1S/C17H19N3O4S/c1-11(16(22)20(2)8-3-7-18)24-17(23)12-4-5-14-13(10-12)19-15(21)6-9-25-14/h4-5,10-11H,3,6,8-9H2,1-2H3,(H,19,21)/t11-/m1/s1. The Kier molecular flexibility index (Phi) is 6.42. The fourth-order valence-corrected chi connectivity index (χ4v) is 3.20. The van der Waals surface area contributed by atoms with Crippen LogP contribution in [0.5, 0.6) is 0 Å². The van der Waals surface area contributed by atoms with Crippen LogP contribution < -0.4 is 5.32 Å². The molecule has 0 radical (unpaired) electrons. The molecule has 8 heteroatoms. The largest absolute Gasteiger partial charge is 0.449 e. The molecule has 0 bridgehead atoms. The van der Waals surface area contributed by atoms with Crippen molar-refractivity contribution in [3.63, 3.8) is 0 Å². The Hall–Kier alpha value is -2.53. The third kappa shape index (κ3) is 4.97. The molecule has 0 aromatic heterocycles. The quantitative estimate of drug-likeness (QED) is 0.806. The summed E-state index contributed by atoms with van der Waals surface area (Å²) in [6, 6.07) is 6.89. The Balaban J connectivity index is 2.04. The highest BCUT2D eigenvalue weighted by Crippen LogP contribution is 2.31. The lowest BCUT2D eigenvalue weighted by Gasteiger charge is -2.20. The second-order valence-electron chi connectivity index (χ2n) is 5.57. The van der Waals surface area contributed by atoms with E-state index in [0.29, 0.717) is 17.9 Å². The third-order valence-corrected chi connectivity index (χ3v) is 4.72. The topological polar surface area (TPSA) is 99.5 Å². The molecule has 0 fully saturated rings. The molecule has 0 aliphatic carbocycles. The van der Waals surface area contributed by atoms with Crippen molar-refractivity contribution in [2.75, 3.05) is 24.7 Å². The first-order valence-electron chi connectivity index (χ1n) is 7.82. The second-order valence-corrected chi connectivity index (χ2v) is 6.71. The summed E-state index contributed by atoms with van der Waals surface area (Å²) in [6.45, 7) is 1.77. The zero-order valence-corrected chi connectivity index (χ0v) is 14.9. The van der Waals surface area contributed by atoms with Gasteiger partial charge >= 0.3 is 5.97 Å². The molecule has 1 aromatic carbocycles. The maximum absolute atomic E-state index is 12.3. The highest BCUT2D eigenvalue weighted by atomic mass is 32.2. The highest BCUT2D eigenvalue weighted by molar-refractivity contribution is 7.99. The summed E-state index contributed by atoms with van der Waals surface area (Å²) in [5, 5.41) is 11.3. The van der Waals surface area contributed by atoms with E-state index in [1.807, 2.05) is 6.07 Å². The minimum Gasteiger partial charge on any atom is -0.449 e. The van der Waals surface area contributed by atoms with Gasteiger partial charge in [0.15, 0.2) is 6.10 Å². The number of nitrogens with zero attached hydrogens (tertiary/aromatic N) is 2. The van der Waals surface area contributed by atoms with E-state index in [9.17, 15) is 14.4 Å². The van der Waals surface area contributed by atoms with Crippen molar-refractivity contribution in [1.29, 1.82) is 5.26 Å². The molecule has 1 aromatic rings. The van der Waals surface area contributed by atoms with Crippen molar-refractivity contribution >= 4 is 35.2 Å². The van der Waals surface area contributed by atoms with E-state index in [4.69, 9.17) is 10.00 Å². The Morgan fingerprint density at radius 2 is 2.24 bits per heavy atom. The molecule has 0 unspecified atom stereocenters. The fraction of sp³-hybridized carbons (Fsp3) is 0.412. The van der Waals surface area contributed by atoms with Gasteiger partial charge in [-0.1, -0.05) is 0 Å². The van der Waals surface area contributed by atoms with Crippen LogP contribution in [0.2, 0.25) is 0 Å². The predicted molar refractivity (Wildman–Crippen MR) is 93.2 cm³/mol. The monoisotopic (exact) mass is 361 g/mol. The van der Waals surface area contributed by atoms with Crippen LogP contribution in [0.3, 0.4) is 0 Å². The third-order valence-electron chi connectivity index (χ3n) is 3.64. The minimum atomic E-state index is -0.959. The summed E-state index contributed by atoms with van der Waals surface area (Å²) >= 11 is 1.54. The first-order valence-corrected chi connectivity index (χ1v) is 8.80. The number of ether oxygens (including phenoxy) is 1. The molecule has 1 aliphatic heterocycles. The molecule has 132 valence electrons. The van der Waals surface area contributed by atoms with E-state index in [1.165, 1.54) is 11.8 Å². The van der Waals surface area contributed by atoms with Crippen LogP contribution >= 0.6 is 11.8 Å². The summed E-state index contributed by atoms with van der Waals surface area (Å²) in [4.78, 5) is 38.3. The number of hydrogen-bond acceptors (Lipinski definition) is 6. The molecule has 2 amide bonds. The van der Waals surface area contributed by atoms with E-state index in [0.717, 1.165) is 4.90 Å². The van der Waals surface area contributed by atoms with Gasteiger partial charge in [0.25, 0.3) is 5.91 Å². The number of thioether (sulfide) groups is 1. The first kappa shape index (κ1) is 18.8. The molecule has 1 aliphatic rings. The fourth-order valence-electron chi connectivity index (χ4n) is 2.26. The number of carbonyl (C=O) groups excluding carboxylic acids is 3. The van der Waals surface area contributed by atoms with Crippen LogP contribution in [0.1, 0.15) is 30.1 Å². The normalized spacial score (nSPS) is 14.4. The molecule has 1 heterocycles. The van der Waals surface area contributed by atoms with Gasteiger partial charge in [-0.15, -0.1) is 11.8 Å². The molecule has 0 spiro atoms. The first-order chi connectivity index (χ1) is 11.9. The predicted octanol–water partition coefficient (Wildman–Crippen LogP) is 2.04. The Labute approximate surface area is 150 Å². The van der Waals surface area contributed by atoms with Gasteiger partial charge in [-0.3, -0.25) is 9.59 Å². The van der Waals surface area contributed by atoms with Crippen molar-refractivity contribution in [3.8, 4) is 6.07 Å². The number of nitriles is 1. The van der Waals surface area contributed by atoms with Gasteiger partial charge in [0.1, 0.15) is 0 Å². The second kappa shape index (κ2) is 8.53. The summed E-state index contributed by atoms with van der Waals surface area (Å²) in [5.74, 6) is -0.425. The summed E-state index contributed by atoms with van der Waals surface area (Å²) < 4.78 is 5.22. The molecule has 0 saturated heterocycles. The van der Waals surface area contributed by atoms with Crippen molar-refractivity contribution in [2.45, 2.75) is 30.8 Å². The molecular weight excluding hydrogens is 342 g/mol. The maximum atomic E-state index is 12.3. The number of benzene rings is 1. The summed E-state index contributed by atoms with van der Waals surface area (Å²) in [5.41, 5.74) is 0.841. The Morgan fingerprint density at radius 1 is 1.48 bits per heavy atom. The van der Waals surface area contributed by atoms with Crippen LogP contribution in [-0.2, 0) is 14.3 Å². The van der Waals surface area contributed by atoms with Gasteiger partial charge in [0, 0.05) is 30.7 Å². The van der Waals surface area contributed by atoms with Crippen molar-refractivity contribution in [3.05, 3.63) is 23.8 Å². The zero-order valence-electron chi connectivity index (χ0n) is 14.1. The van der Waals surface area contributed by atoms with Crippen molar-refractivity contribution in [2.24, 2.45) is 0 Å². The Bertz CT molecular complexity index is 729. The van der Waals surface area contributed by atoms with Crippen LogP contribution in [0.25, 0.3) is 0 Å². The van der Waals surface area contributed by atoms with Gasteiger partial charge < -0.3 is 15.0 Å². The SMILES string of the molecule is C[C@@H](OC(=O)c1ccc2c(c1)NC(=O)CCS2)C(=O)N(C)CCC#N. The molecule has 0 saturated carbocycles. The van der Waals surface area contributed by atoms with E-state index in [2.05, 4.69) is 5.32 Å². The number of carbonyl (C=O) groups is 3. The van der Waals surface area contributed by atoms with Crippen LogP contribution in [-0.4, -0.2) is 48.1 Å². The van der Waals surface area contributed by atoms with Crippen molar-refractivity contribution in [1.82, 2.24) is 4.90 Å². The maximum Gasteiger partial charge on any atom is 0.338 e. The van der Waals surface area contributed by atoms with Gasteiger partial charge in [-0.2, -0.15) is 5.26 Å².